The Hall–Kier alpha value is -0.0800. The molecule has 4 rings (SSSR count). The molecule has 56 valence electrons. The second kappa shape index (κ2) is 1.56. The summed E-state index contributed by atoms with van der Waals surface area (Å²) in [6, 6.07) is 0.866. The van der Waals surface area contributed by atoms with Gasteiger partial charge in [-0.1, -0.05) is 0 Å². The van der Waals surface area contributed by atoms with Crippen molar-refractivity contribution in [3.63, 3.8) is 0 Å². The van der Waals surface area contributed by atoms with Crippen LogP contribution in [0.1, 0.15) is 25.7 Å². The zero-order valence-electron chi connectivity index (χ0n) is 5.99. The minimum atomic E-state index is 0.433. The topological polar surface area (TPSA) is 26.3 Å². The van der Waals surface area contributed by atoms with E-state index in [9.17, 15) is 5.21 Å². The van der Waals surface area contributed by atoms with E-state index in [-0.39, 0.29) is 0 Å². The first-order valence-corrected chi connectivity index (χ1v) is 4.30. The normalized spacial score (nSPS) is 58.5. The minimum Gasteiger partial charge on any atom is -0.785 e. The summed E-state index contributed by atoms with van der Waals surface area (Å²) in [6.07, 6.45) is 4.85. The molecular weight excluding hydrogens is 126 g/mol. The SMILES string of the molecule is [O-]N1C2CC3CC1CC3C2. The summed E-state index contributed by atoms with van der Waals surface area (Å²) in [7, 11) is 0. The summed E-state index contributed by atoms with van der Waals surface area (Å²) in [5.74, 6) is 1.89. The molecule has 4 fully saturated rings. The molecule has 2 aliphatic carbocycles. The van der Waals surface area contributed by atoms with Crippen LogP contribution in [0.25, 0.3) is 0 Å². The molecule has 2 saturated carbocycles. The lowest BCUT2D eigenvalue weighted by Crippen LogP contribution is -2.41. The van der Waals surface area contributed by atoms with Gasteiger partial charge >= 0.3 is 0 Å². The molecule has 2 nitrogen and oxygen atoms in total. The van der Waals surface area contributed by atoms with Crippen LogP contribution in [0, 0.1) is 17.0 Å². The summed E-state index contributed by atoms with van der Waals surface area (Å²) >= 11 is 0. The van der Waals surface area contributed by atoms with Crippen molar-refractivity contribution in [3.8, 4) is 0 Å². The maximum atomic E-state index is 11.3. The second-order valence-electron chi connectivity index (χ2n) is 4.13. The lowest BCUT2D eigenvalue weighted by Gasteiger charge is -2.45. The van der Waals surface area contributed by atoms with Crippen molar-refractivity contribution in [2.75, 3.05) is 0 Å². The summed E-state index contributed by atoms with van der Waals surface area (Å²) in [4.78, 5) is 0. The molecule has 0 aromatic carbocycles. The van der Waals surface area contributed by atoms with Gasteiger partial charge in [-0.15, -0.1) is 0 Å². The Balaban J connectivity index is 1.98. The highest BCUT2D eigenvalue weighted by atomic mass is 16.5. The lowest BCUT2D eigenvalue weighted by atomic mass is 10.0. The fraction of sp³-hybridized carbons (Fsp3) is 1.00. The van der Waals surface area contributed by atoms with Gasteiger partial charge in [0.15, 0.2) is 0 Å². The number of rotatable bonds is 0. The van der Waals surface area contributed by atoms with Crippen molar-refractivity contribution >= 4 is 0 Å². The molecule has 0 aromatic heterocycles. The molecule has 4 aliphatic rings. The Bertz CT molecular complexity index is 141. The molecule has 2 heteroatoms. The zero-order chi connectivity index (χ0) is 6.72. The van der Waals surface area contributed by atoms with E-state index in [1.54, 1.807) is 0 Å². The molecule has 2 aliphatic heterocycles. The molecule has 0 spiro atoms. The van der Waals surface area contributed by atoms with Gasteiger partial charge in [-0.2, -0.15) is 0 Å². The van der Waals surface area contributed by atoms with Crippen LogP contribution in [0.3, 0.4) is 0 Å². The number of piperidine rings is 2. The number of hydroxylamine groups is 2. The molecular formula is C8H12NO-. The fourth-order valence-electron chi connectivity index (χ4n) is 3.27. The predicted octanol–water partition coefficient (Wildman–Crippen LogP) is 1.36. The van der Waals surface area contributed by atoms with E-state index in [1.807, 2.05) is 0 Å². The van der Waals surface area contributed by atoms with Gasteiger partial charge in [0.05, 0.1) is 0 Å². The van der Waals surface area contributed by atoms with Crippen molar-refractivity contribution in [1.82, 2.24) is 5.06 Å². The maximum Gasteiger partial charge on any atom is -0.00186 e. The van der Waals surface area contributed by atoms with Crippen LogP contribution in [0.2, 0.25) is 0 Å². The number of nitrogens with zero attached hydrogens (tertiary/aromatic N) is 1. The molecule has 2 heterocycles. The summed E-state index contributed by atoms with van der Waals surface area (Å²) in [5.41, 5.74) is 0. The third kappa shape index (κ3) is 0.487. The highest BCUT2D eigenvalue weighted by molar-refractivity contribution is 5.05. The van der Waals surface area contributed by atoms with Gasteiger partial charge < -0.3 is 10.3 Å². The number of hydrogen-bond donors (Lipinski definition) is 0. The van der Waals surface area contributed by atoms with Crippen LogP contribution >= 0.6 is 0 Å². The van der Waals surface area contributed by atoms with Crippen LogP contribution in [0.15, 0.2) is 0 Å². The third-order valence-electron chi connectivity index (χ3n) is 3.69. The third-order valence-corrected chi connectivity index (χ3v) is 3.69. The maximum absolute atomic E-state index is 11.3. The summed E-state index contributed by atoms with van der Waals surface area (Å²) < 4.78 is 0. The fourth-order valence-corrected chi connectivity index (χ4v) is 3.27. The first-order valence-electron chi connectivity index (χ1n) is 4.30. The Kier molecular flexibility index (Phi) is 0.868. The Labute approximate surface area is 60.8 Å². The van der Waals surface area contributed by atoms with Crippen LogP contribution in [-0.4, -0.2) is 17.1 Å². The number of hydrogen-bond acceptors (Lipinski definition) is 2. The Morgan fingerprint density at radius 3 is 1.70 bits per heavy atom. The van der Waals surface area contributed by atoms with Gasteiger partial charge in [0.2, 0.25) is 0 Å². The smallest absolute Gasteiger partial charge is 0.00186 e. The van der Waals surface area contributed by atoms with Gasteiger partial charge in [0, 0.05) is 0 Å². The van der Waals surface area contributed by atoms with E-state index in [4.69, 9.17) is 0 Å². The average molecular weight is 138 g/mol. The monoisotopic (exact) mass is 138 g/mol. The molecule has 0 unspecified atom stereocenters. The highest BCUT2D eigenvalue weighted by Gasteiger charge is 2.48. The average Bonchev–Trinajstić information content (AvgIpc) is 2.33. The van der Waals surface area contributed by atoms with Crippen LogP contribution in [0.4, 0.5) is 0 Å². The minimum absolute atomic E-state index is 0.433. The van der Waals surface area contributed by atoms with Crippen LogP contribution in [0.5, 0.6) is 0 Å². The van der Waals surface area contributed by atoms with E-state index in [1.165, 1.54) is 30.7 Å². The van der Waals surface area contributed by atoms with E-state index in [2.05, 4.69) is 0 Å². The second-order valence-corrected chi connectivity index (χ2v) is 4.13. The highest BCUT2D eigenvalue weighted by Crippen LogP contribution is 2.52. The molecule has 0 aromatic rings. The van der Waals surface area contributed by atoms with Crippen molar-refractivity contribution in [2.45, 2.75) is 37.8 Å². The van der Waals surface area contributed by atoms with Crippen LogP contribution in [-0.2, 0) is 0 Å². The van der Waals surface area contributed by atoms with Crippen molar-refractivity contribution < 1.29 is 0 Å². The molecule has 0 N–H and O–H groups in total. The van der Waals surface area contributed by atoms with Crippen molar-refractivity contribution in [2.24, 2.45) is 11.8 Å². The standard InChI is InChI=1S/C8H12NO/c10-9-7-1-5-2-8(9)4-6(5)3-7/h5-8H,1-4H2/q-1. The van der Waals surface area contributed by atoms with Crippen molar-refractivity contribution in [3.05, 3.63) is 5.21 Å². The molecule has 0 radical (unpaired) electrons. The predicted molar refractivity (Wildman–Crippen MR) is 38.2 cm³/mol. The first-order chi connectivity index (χ1) is 4.84. The molecule has 0 amide bonds. The largest absolute Gasteiger partial charge is 0.785 e. The van der Waals surface area contributed by atoms with Gasteiger partial charge in [-0.3, -0.25) is 0 Å². The summed E-state index contributed by atoms with van der Waals surface area (Å²) in [6.45, 7) is 0. The van der Waals surface area contributed by atoms with Gasteiger partial charge in [-0.25, -0.2) is 0 Å². The van der Waals surface area contributed by atoms with E-state index in [0.29, 0.717) is 12.1 Å². The molecule has 0 atom stereocenters. The quantitative estimate of drug-likeness (QED) is 0.505. The lowest BCUT2D eigenvalue weighted by molar-refractivity contribution is 0.145. The Morgan fingerprint density at radius 1 is 0.900 bits per heavy atom. The van der Waals surface area contributed by atoms with E-state index < -0.39 is 0 Å². The van der Waals surface area contributed by atoms with Gasteiger partial charge in [-0.05, 0) is 49.6 Å². The van der Waals surface area contributed by atoms with E-state index >= 15 is 0 Å². The van der Waals surface area contributed by atoms with E-state index in [0.717, 1.165) is 11.8 Å². The van der Waals surface area contributed by atoms with Crippen molar-refractivity contribution in [1.29, 1.82) is 0 Å². The van der Waals surface area contributed by atoms with Gasteiger partial charge in [0.25, 0.3) is 0 Å². The Morgan fingerprint density at radius 2 is 1.30 bits per heavy atom. The van der Waals surface area contributed by atoms with Crippen LogP contribution < -0.4 is 0 Å². The summed E-state index contributed by atoms with van der Waals surface area (Å²) in [5, 5.41) is 12.7. The van der Waals surface area contributed by atoms with Gasteiger partial charge in [0.1, 0.15) is 0 Å². The zero-order valence-corrected chi connectivity index (χ0v) is 5.99. The first kappa shape index (κ1) is 5.56. The molecule has 2 saturated heterocycles. The molecule has 4 bridgehead atoms. The molecule has 10 heavy (non-hydrogen) atoms.